The van der Waals surface area contributed by atoms with E-state index in [0.717, 1.165) is 58.6 Å². The van der Waals surface area contributed by atoms with E-state index in [1.165, 1.54) is 17.0 Å². The van der Waals surface area contributed by atoms with E-state index in [9.17, 15) is 10.1 Å². The Bertz CT molecular complexity index is 1280. The van der Waals surface area contributed by atoms with E-state index in [-0.39, 0.29) is 10.6 Å². The van der Waals surface area contributed by atoms with E-state index in [0.29, 0.717) is 11.3 Å². The molecule has 4 rings (SSSR count). The van der Waals surface area contributed by atoms with Gasteiger partial charge in [-0.25, -0.2) is 9.67 Å². The van der Waals surface area contributed by atoms with Crippen LogP contribution in [0.25, 0.3) is 11.3 Å². The van der Waals surface area contributed by atoms with Gasteiger partial charge in [-0.2, -0.15) is 5.10 Å². The third kappa shape index (κ3) is 5.36. The van der Waals surface area contributed by atoms with Crippen LogP contribution in [-0.4, -0.2) is 15.3 Å². The van der Waals surface area contributed by atoms with Crippen molar-refractivity contribution in [3.8, 4) is 11.3 Å². The van der Waals surface area contributed by atoms with Crippen LogP contribution >= 0.6 is 11.3 Å². The van der Waals surface area contributed by atoms with Crippen LogP contribution in [0.1, 0.15) is 57.6 Å². The minimum atomic E-state index is -0.374. The number of nitro groups is 1. The fourth-order valence-electron chi connectivity index (χ4n) is 4.43. The average Bonchev–Trinajstić information content (AvgIpc) is 3.18. The standard InChI is InChI=1S/C27H32N4O2S/c1-18-6-7-19(2)24(16-18)28-26-30(29-22-12-10-21(11-13-22)27(3,4)5)25(17-34-26)20-8-14-23(15-9-20)31(32)33/h6-9,14-17,21H,10-13H2,1-5H3. The number of nitrogens with zero attached hydrogens (tertiary/aromatic N) is 4. The maximum atomic E-state index is 11.1. The second kappa shape index (κ2) is 9.66. The monoisotopic (exact) mass is 476 g/mol. The quantitative estimate of drug-likeness (QED) is 0.290. The fourth-order valence-corrected chi connectivity index (χ4v) is 5.27. The van der Waals surface area contributed by atoms with Gasteiger partial charge in [-0.3, -0.25) is 10.1 Å². The SMILES string of the molecule is Cc1ccc(C)c(N=c2scc(-c3ccc([N+](=O)[O-])cc3)n2N=C2CCC(C(C)(C)C)CC2)c1. The van der Waals surface area contributed by atoms with Crippen molar-refractivity contribution in [1.82, 2.24) is 4.68 Å². The van der Waals surface area contributed by atoms with Gasteiger partial charge < -0.3 is 0 Å². The maximum Gasteiger partial charge on any atom is 0.269 e. The Hall–Kier alpha value is -3.06. The molecule has 0 N–H and O–H groups in total. The lowest BCUT2D eigenvalue weighted by Gasteiger charge is -2.34. The maximum absolute atomic E-state index is 11.1. The topological polar surface area (TPSA) is 72.8 Å². The van der Waals surface area contributed by atoms with Crippen molar-refractivity contribution in [2.75, 3.05) is 0 Å². The summed E-state index contributed by atoms with van der Waals surface area (Å²) < 4.78 is 1.93. The van der Waals surface area contributed by atoms with Gasteiger partial charge in [-0.15, -0.1) is 11.3 Å². The number of thiazole rings is 1. The smallest absolute Gasteiger partial charge is 0.258 e. The second-order valence-corrected chi connectivity index (χ2v) is 11.1. The number of hydrogen-bond acceptors (Lipinski definition) is 5. The Morgan fingerprint density at radius 1 is 1.06 bits per heavy atom. The van der Waals surface area contributed by atoms with Crippen molar-refractivity contribution in [3.63, 3.8) is 0 Å². The first-order valence-corrected chi connectivity index (χ1v) is 12.6. The number of nitro benzene ring substituents is 1. The predicted molar refractivity (Wildman–Crippen MR) is 140 cm³/mol. The van der Waals surface area contributed by atoms with Crippen LogP contribution in [-0.2, 0) is 0 Å². The van der Waals surface area contributed by atoms with Crippen LogP contribution in [0.5, 0.6) is 0 Å². The van der Waals surface area contributed by atoms with Gasteiger partial charge >= 0.3 is 0 Å². The summed E-state index contributed by atoms with van der Waals surface area (Å²) in [5, 5.41) is 18.2. The highest BCUT2D eigenvalue weighted by Crippen LogP contribution is 2.37. The molecule has 0 unspecified atom stereocenters. The van der Waals surface area contributed by atoms with Crippen molar-refractivity contribution in [3.05, 3.63) is 73.9 Å². The first-order valence-electron chi connectivity index (χ1n) is 11.8. The van der Waals surface area contributed by atoms with Gasteiger partial charge in [-0.1, -0.05) is 32.9 Å². The lowest BCUT2D eigenvalue weighted by molar-refractivity contribution is -0.384. The molecule has 0 spiro atoms. The molecule has 1 aliphatic rings. The van der Waals surface area contributed by atoms with Crippen LogP contribution in [0.2, 0.25) is 0 Å². The van der Waals surface area contributed by atoms with Crippen LogP contribution in [0, 0.1) is 35.3 Å². The molecule has 1 aliphatic carbocycles. The van der Waals surface area contributed by atoms with E-state index >= 15 is 0 Å². The first-order chi connectivity index (χ1) is 16.1. The van der Waals surface area contributed by atoms with Crippen molar-refractivity contribution in [2.45, 2.75) is 60.3 Å². The molecule has 1 aromatic heterocycles. The lowest BCUT2D eigenvalue weighted by Crippen LogP contribution is -2.26. The number of benzene rings is 2. The summed E-state index contributed by atoms with van der Waals surface area (Å²) >= 11 is 1.54. The molecule has 6 nitrogen and oxygen atoms in total. The van der Waals surface area contributed by atoms with E-state index in [1.54, 1.807) is 24.3 Å². The van der Waals surface area contributed by atoms with Gasteiger partial charge in [0.15, 0.2) is 0 Å². The Morgan fingerprint density at radius 3 is 2.35 bits per heavy atom. The molecule has 3 aromatic rings. The molecule has 1 heterocycles. The normalized spacial score (nSPS) is 17.1. The highest BCUT2D eigenvalue weighted by Gasteiger charge is 2.28. The third-order valence-electron chi connectivity index (χ3n) is 6.67. The Kier molecular flexibility index (Phi) is 6.84. The summed E-state index contributed by atoms with van der Waals surface area (Å²) in [6.45, 7) is 11.1. The number of rotatable bonds is 4. The van der Waals surface area contributed by atoms with E-state index in [2.05, 4.69) is 52.8 Å². The van der Waals surface area contributed by atoms with E-state index < -0.39 is 0 Å². The summed E-state index contributed by atoms with van der Waals surface area (Å²) in [5.41, 5.74) is 6.57. The van der Waals surface area contributed by atoms with Gasteiger partial charge in [-0.05, 0) is 80.2 Å². The molecule has 0 bridgehead atoms. The molecule has 0 saturated heterocycles. The number of aromatic nitrogens is 1. The fraction of sp³-hybridized carbons (Fsp3) is 0.407. The largest absolute Gasteiger partial charge is 0.269 e. The van der Waals surface area contributed by atoms with Crippen molar-refractivity contribution < 1.29 is 4.92 Å². The molecule has 0 amide bonds. The lowest BCUT2D eigenvalue weighted by atomic mass is 9.72. The second-order valence-electron chi connectivity index (χ2n) is 10.2. The molecule has 2 aromatic carbocycles. The van der Waals surface area contributed by atoms with Crippen LogP contribution in [0.15, 0.2) is 57.9 Å². The van der Waals surface area contributed by atoms with Crippen molar-refractivity contribution >= 4 is 28.4 Å². The van der Waals surface area contributed by atoms with Crippen molar-refractivity contribution in [1.29, 1.82) is 0 Å². The summed E-state index contributed by atoms with van der Waals surface area (Å²) in [6.07, 6.45) is 4.24. The van der Waals surface area contributed by atoms with Crippen LogP contribution in [0.4, 0.5) is 11.4 Å². The molecule has 7 heteroatoms. The Balaban J connectivity index is 1.78. The Labute approximate surface area is 204 Å². The molecular formula is C27H32N4O2S. The minimum Gasteiger partial charge on any atom is -0.258 e. The summed E-state index contributed by atoms with van der Waals surface area (Å²) in [5.74, 6) is 0.701. The van der Waals surface area contributed by atoms with Gasteiger partial charge in [0.25, 0.3) is 5.69 Å². The molecule has 1 fully saturated rings. The highest BCUT2D eigenvalue weighted by molar-refractivity contribution is 7.07. The molecule has 1 saturated carbocycles. The number of non-ortho nitro benzene ring substituents is 1. The van der Waals surface area contributed by atoms with Crippen LogP contribution < -0.4 is 4.80 Å². The predicted octanol–water partition coefficient (Wildman–Crippen LogP) is 7.41. The molecular weight excluding hydrogens is 444 g/mol. The molecule has 178 valence electrons. The zero-order valence-corrected chi connectivity index (χ0v) is 21.4. The first kappa shape index (κ1) is 24.1. The van der Waals surface area contributed by atoms with E-state index in [1.807, 2.05) is 10.1 Å². The number of aryl methyl sites for hydroxylation is 2. The summed E-state index contributed by atoms with van der Waals surface area (Å²) in [4.78, 5) is 16.5. The molecule has 0 radical (unpaired) electrons. The third-order valence-corrected chi connectivity index (χ3v) is 7.49. The number of hydrogen-bond donors (Lipinski definition) is 0. The van der Waals surface area contributed by atoms with Gasteiger partial charge in [0.1, 0.15) is 0 Å². The summed E-state index contributed by atoms with van der Waals surface area (Å²) in [7, 11) is 0. The summed E-state index contributed by atoms with van der Waals surface area (Å²) in [6, 6.07) is 12.9. The highest BCUT2D eigenvalue weighted by atomic mass is 32.1. The van der Waals surface area contributed by atoms with Gasteiger partial charge in [0, 0.05) is 28.8 Å². The average molecular weight is 477 g/mol. The van der Waals surface area contributed by atoms with Gasteiger partial charge in [0.2, 0.25) is 4.80 Å². The molecule has 34 heavy (non-hydrogen) atoms. The molecule has 0 aliphatic heterocycles. The molecule has 0 atom stereocenters. The van der Waals surface area contributed by atoms with Crippen LogP contribution in [0.3, 0.4) is 0 Å². The van der Waals surface area contributed by atoms with Gasteiger partial charge in [0.05, 0.1) is 16.3 Å². The Morgan fingerprint density at radius 2 is 1.74 bits per heavy atom. The zero-order chi connectivity index (χ0) is 24.5. The zero-order valence-electron chi connectivity index (χ0n) is 20.5. The van der Waals surface area contributed by atoms with Crippen molar-refractivity contribution in [2.24, 2.45) is 21.4 Å². The van der Waals surface area contributed by atoms with E-state index in [4.69, 9.17) is 10.1 Å². The minimum absolute atomic E-state index is 0.0812.